The Morgan fingerprint density at radius 2 is 1.79 bits per heavy atom. The standard InChI is InChI=1S/C23H34N2O3S/c1-16(2)13-20-21(23(20,3)4)22(26)25(19-11-12-29(27,28)15-19)14-17-7-9-18(10-8-17)24(5)6/h7-10,13,19-21H,11-12,14-15H2,1-6H3/t19-,20+,21-/m0/s1. The average Bonchev–Trinajstić information content (AvgIpc) is 2.94. The summed E-state index contributed by atoms with van der Waals surface area (Å²) in [5.41, 5.74) is 3.26. The largest absolute Gasteiger partial charge is 0.378 e. The van der Waals surface area contributed by atoms with Gasteiger partial charge >= 0.3 is 0 Å². The van der Waals surface area contributed by atoms with Gasteiger partial charge in [-0.05, 0) is 49.3 Å². The van der Waals surface area contributed by atoms with Crippen molar-refractivity contribution in [2.45, 2.75) is 46.7 Å². The van der Waals surface area contributed by atoms with Crippen LogP contribution < -0.4 is 4.90 Å². The summed E-state index contributed by atoms with van der Waals surface area (Å²) in [5.74, 6) is 0.483. The van der Waals surface area contributed by atoms with E-state index < -0.39 is 9.84 Å². The van der Waals surface area contributed by atoms with Gasteiger partial charge in [0.25, 0.3) is 0 Å². The number of sulfone groups is 1. The Kier molecular flexibility index (Phi) is 5.87. The highest BCUT2D eigenvalue weighted by atomic mass is 32.2. The van der Waals surface area contributed by atoms with Gasteiger partial charge in [0.05, 0.1) is 17.4 Å². The summed E-state index contributed by atoms with van der Waals surface area (Å²) in [6, 6.07) is 7.91. The fourth-order valence-electron chi connectivity index (χ4n) is 4.50. The van der Waals surface area contributed by atoms with Crippen molar-refractivity contribution >= 4 is 21.4 Å². The molecule has 1 aromatic carbocycles. The third-order valence-electron chi connectivity index (χ3n) is 6.43. The third-order valence-corrected chi connectivity index (χ3v) is 8.18. The Morgan fingerprint density at radius 3 is 2.28 bits per heavy atom. The first-order chi connectivity index (χ1) is 13.4. The van der Waals surface area contributed by atoms with Crippen molar-refractivity contribution in [1.29, 1.82) is 0 Å². The van der Waals surface area contributed by atoms with E-state index >= 15 is 0 Å². The van der Waals surface area contributed by atoms with E-state index in [1.807, 2.05) is 48.2 Å². The number of benzene rings is 1. The zero-order chi connectivity index (χ0) is 21.6. The lowest BCUT2D eigenvalue weighted by Crippen LogP contribution is -2.42. The van der Waals surface area contributed by atoms with Crippen LogP contribution in [0.15, 0.2) is 35.9 Å². The van der Waals surface area contributed by atoms with Gasteiger partial charge in [0.2, 0.25) is 5.91 Å². The first-order valence-corrected chi connectivity index (χ1v) is 12.2. The van der Waals surface area contributed by atoms with Crippen molar-refractivity contribution in [3.8, 4) is 0 Å². The molecule has 2 fully saturated rings. The molecule has 1 saturated heterocycles. The molecule has 3 rings (SSSR count). The van der Waals surface area contributed by atoms with Crippen LogP contribution >= 0.6 is 0 Å². The summed E-state index contributed by atoms with van der Waals surface area (Å²) < 4.78 is 24.2. The van der Waals surface area contributed by atoms with Crippen LogP contribution in [0.4, 0.5) is 5.69 Å². The Morgan fingerprint density at radius 1 is 1.17 bits per heavy atom. The highest BCUT2D eigenvalue weighted by molar-refractivity contribution is 7.91. The Bertz CT molecular complexity index is 897. The SMILES string of the molecule is CC(C)=C[C@@H]1[C@@H](C(=O)N(Cc2ccc(N(C)C)cc2)[C@H]2CCS(=O)(=O)C2)C1(C)C. The molecule has 1 aromatic rings. The summed E-state index contributed by atoms with van der Waals surface area (Å²) in [4.78, 5) is 17.5. The van der Waals surface area contributed by atoms with Crippen LogP contribution in [-0.2, 0) is 21.2 Å². The summed E-state index contributed by atoms with van der Waals surface area (Å²) in [6.07, 6.45) is 2.72. The molecule has 2 aliphatic rings. The van der Waals surface area contributed by atoms with Crippen LogP contribution in [0.2, 0.25) is 0 Å². The van der Waals surface area contributed by atoms with Gasteiger partial charge < -0.3 is 9.80 Å². The molecule has 160 valence electrons. The van der Waals surface area contributed by atoms with Gasteiger partial charge in [-0.25, -0.2) is 8.42 Å². The summed E-state index contributed by atoms with van der Waals surface area (Å²) in [7, 11) is 0.922. The molecule has 0 bridgehead atoms. The van der Waals surface area contributed by atoms with Crippen molar-refractivity contribution in [3.05, 3.63) is 41.5 Å². The highest BCUT2D eigenvalue weighted by Crippen LogP contribution is 2.60. The lowest BCUT2D eigenvalue weighted by molar-refractivity contribution is -0.136. The van der Waals surface area contributed by atoms with E-state index in [1.54, 1.807) is 0 Å². The molecule has 1 saturated carbocycles. The van der Waals surface area contributed by atoms with Crippen LogP contribution in [0.1, 0.15) is 39.7 Å². The van der Waals surface area contributed by atoms with Gasteiger partial charge in [-0.2, -0.15) is 0 Å². The molecule has 0 spiro atoms. The monoisotopic (exact) mass is 418 g/mol. The van der Waals surface area contributed by atoms with E-state index in [9.17, 15) is 13.2 Å². The van der Waals surface area contributed by atoms with Crippen molar-refractivity contribution in [2.24, 2.45) is 17.3 Å². The van der Waals surface area contributed by atoms with Gasteiger partial charge in [0, 0.05) is 32.4 Å². The number of carbonyl (C=O) groups is 1. The predicted octanol–water partition coefficient (Wildman–Crippen LogP) is 3.51. The van der Waals surface area contributed by atoms with Crippen LogP contribution in [0, 0.1) is 17.3 Å². The number of anilines is 1. The Labute approximate surface area is 175 Å². The molecule has 1 heterocycles. The Balaban J connectivity index is 1.86. The fraction of sp³-hybridized carbons (Fsp3) is 0.609. The molecule has 5 nitrogen and oxygen atoms in total. The van der Waals surface area contributed by atoms with E-state index in [1.165, 1.54) is 5.57 Å². The topological polar surface area (TPSA) is 57.7 Å². The molecule has 1 aliphatic heterocycles. The second kappa shape index (κ2) is 7.78. The molecular formula is C23H34N2O3S. The van der Waals surface area contributed by atoms with Crippen LogP contribution in [0.5, 0.6) is 0 Å². The predicted molar refractivity (Wildman–Crippen MR) is 119 cm³/mol. The number of amides is 1. The maximum Gasteiger partial charge on any atom is 0.227 e. The second-order valence-electron chi connectivity index (χ2n) is 9.65. The third kappa shape index (κ3) is 4.68. The van der Waals surface area contributed by atoms with E-state index in [-0.39, 0.29) is 40.7 Å². The maximum absolute atomic E-state index is 13.6. The second-order valence-corrected chi connectivity index (χ2v) is 11.9. The summed E-state index contributed by atoms with van der Waals surface area (Å²) in [6.45, 7) is 8.85. The van der Waals surface area contributed by atoms with Crippen LogP contribution in [-0.4, -0.2) is 50.9 Å². The van der Waals surface area contributed by atoms with Gasteiger partial charge in [0.1, 0.15) is 0 Å². The number of hydrogen-bond acceptors (Lipinski definition) is 4. The number of nitrogens with zero attached hydrogens (tertiary/aromatic N) is 2. The first-order valence-electron chi connectivity index (χ1n) is 10.3. The lowest BCUT2D eigenvalue weighted by Gasteiger charge is -2.29. The molecule has 0 radical (unpaired) electrons. The van der Waals surface area contributed by atoms with Gasteiger partial charge in [-0.3, -0.25) is 4.79 Å². The fourth-order valence-corrected chi connectivity index (χ4v) is 6.23. The number of rotatable bonds is 6. The average molecular weight is 419 g/mol. The van der Waals surface area contributed by atoms with Crippen LogP contribution in [0.3, 0.4) is 0 Å². The zero-order valence-corrected chi connectivity index (χ0v) is 19.3. The number of allylic oxidation sites excluding steroid dienone is 2. The minimum Gasteiger partial charge on any atom is -0.378 e. The lowest BCUT2D eigenvalue weighted by atomic mass is 10.1. The minimum absolute atomic E-state index is 0.0784. The highest BCUT2D eigenvalue weighted by Gasteiger charge is 2.61. The van der Waals surface area contributed by atoms with Gasteiger partial charge in [-0.15, -0.1) is 0 Å². The molecule has 0 unspecified atom stereocenters. The molecule has 29 heavy (non-hydrogen) atoms. The normalized spacial score (nSPS) is 26.6. The molecule has 0 aromatic heterocycles. The molecule has 3 atom stereocenters. The molecule has 6 heteroatoms. The minimum atomic E-state index is -3.06. The smallest absolute Gasteiger partial charge is 0.227 e. The van der Waals surface area contributed by atoms with Gasteiger partial charge in [0.15, 0.2) is 9.84 Å². The first kappa shape index (κ1) is 21.9. The summed E-state index contributed by atoms with van der Waals surface area (Å²) in [5, 5.41) is 0. The number of carbonyl (C=O) groups excluding carboxylic acids is 1. The molecular weight excluding hydrogens is 384 g/mol. The molecule has 0 N–H and O–H groups in total. The van der Waals surface area contributed by atoms with Crippen molar-refractivity contribution in [2.75, 3.05) is 30.5 Å². The van der Waals surface area contributed by atoms with E-state index in [4.69, 9.17) is 0 Å². The maximum atomic E-state index is 13.6. The van der Waals surface area contributed by atoms with E-state index in [0.29, 0.717) is 13.0 Å². The molecule has 1 aliphatic carbocycles. The number of hydrogen-bond donors (Lipinski definition) is 0. The van der Waals surface area contributed by atoms with Crippen molar-refractivity contribution < 1.29 is 13.2 Å². The zero-order valence-electron chi connectivity index (χ0n) is 18.5. The van der Waals surface area contributed by atoms with E-state index in [0.717, 1.165) is 11.3 Å². The molecule has 1 amide bonds. The van der Waals surface area contributed by atoms with Crippen LogP contribution in [0.25, 0.3) is 0 Å². The van der Waals surface area contributed by atoms with Crippen molar-refractivity contribution in [3.63, 3.8) is 0 Å². The quantitative estimate of drug-likeness (QED) is 0.664. The van der Waals surface area contributed by atoms with Crippen molar-refractivity contribution in [1.82, 2.24) is 4.90 Å². The van der Waals surface area contributed by atoms with Gasteiger partial charge in [-0.1, -0.05) is 37.6 Å². The van der Waals surface area contributed by atoms with E-state index in [2.05, 4.69) is 33.8 Å². The summed E-state index contributed by atoms with van der Waals surface area (Å²) >= 11 is 0. The Hall–Kier alpha value is -1.82.